The molecule has 0 saturated carbocycles. The second-order valence-corrected chi connectivity index (χ2v) is 4.77. The summed E-state index contributed by atoms with van der Waals surface area (Å²) in [6.07, 6.45) is -5.64. The highest BCUT2D eigenvalue weighted by molar-refractivity contribution is 5.71. The highest BCUT2D eigenvalue weighted by atomic mass is 19.4. The van der Waals surface area contributed by atoms with E-state index in [4.69, 9.17) is 0 Å². The summed E-state index contributed by atoms with van der Waals surface area (Å²) in [6.45, 7) is 1.28. The van der Waals surface area contributed by atoms with Crippen LogP contribution < -0.4 is 0 Å². The van der Waals surface area contributed by atoms with Crippen LogP contribution >= 0.6 is 0 Å². The number of carbonyl (C=O) groups excluding carboxylic acids is 2. The summed E-state index contributed by atoms with van der Waals surface area (Å²) in [5.74, 6) is -6.68. The Morgan fingerprint density at radius 3 is 1.95 bits per heavy atom. The molecule has 0 radical (unpaired) electrons. The Hall–Kier alpha value is -1.41. The maximum Gasteiger partial charge on any atom is 0.456 e. The van der Waals surface area contributed by atoms with E-state index in [1.165, 1.54) is 0 Å². The molecular weight excluding hydrogens is 303 g/mol. The summed E-state index contributed by atoms with van der Waals surface area (Å²) in [5, 5.41) is 0. The summed E-state index contributed by atoms with van der Waals surface area (Å²) in [5.41, 5.74) is 0. The van der Waals surface area contributed by atoms with E-state index < -0.39 is 43.7 Å². The second kappa shape index (κ2) is 8.14. The first-order valence-corrected chi connectivity index (χ1v) is 6.21. The lowest BCUT2D eigenvalue weighted by atomic mass is 10.1. The van der Waals surface area contributed by atoms with Crippen molar-refractivity contribution in [3.05, 3.63) is 0 Å². The van der Waals surface area contributed by atoms with Crippen LogP contribution in [0.25, 0.3) is 0 Å². The first-order chi connectivity index (χ1) is 9.45. The van der Waals surface area contributed by atoms with Gasteiger partial charge in [0.1, 0.15) is 6.61 Å². The molecule has 0 aromatic rings. The van der Waals surface area contributed by atoms with Crippen LogP contribution in [0.1, 0.15) is 33.1 Å². The molecule has 0 heterocycles. The molecule has 0 aliphatic heterocycles. The van der Waals surface area contributed by atoms with Gasteiger partial charge in [-0.1, -0.05) is 13.8 Å². The maximum absolute atomic E-state index is 12.4. The molecule has 0 aromatic carbocycles. The second-order valence-electron chi connectivity index (χ2n) is 4.77. The lowest BCUT2D eigenvalue weighted by molar-refractivity contribution is -0.294. The molecule has 4 nitrogen and oxygen atoms in total. The fraction of sp³-hybridized carbons (Fsp3) is 0.833. The monoisotopic (exact) mass is 320 g/mol. The van der Waals surface area contributed by atoms with Crippen molar-refractivity contribution in [1.29, 1.82) is 0 Å². The molecule has 124 valence electrons. The number of halogens is 5. The van der Waals surface area contributed by atoms with Crippen molar-refractivity contribution in [2.75, 3.05) is 13.2 Å². The zero-order valence-electron chi connectivity index (χ0n) is 11.6. The Bertz CT molecular complexity index is 352. The Kier molecular flexibility index (Phi) is 7.59. The van der Waals surface area contributed by atoms with Crippen molar-refractivity contribution in [3.63, 3.8) is 0 Å². The van der Waals surface area contributed by atoms with Crippen LogP contribution in [0.2, 0.25) is 0 Å². The van der Waals surface area contributed by atoms with Crippen LogP contribution in [0.5, 0.6) is 0 Å². The van der Waals surface area contributed by atoms with Crippen LogP contribution in [-0.2, 0) is 19.1 Å². The number of ether oxygens (including phenoxy) is 2. The predicted octanol–water partition coefficient (Wildman–Crippen LogP) is 3.10. The van der Waals surface area contributed by atoms with Gasteiger partial charge >= 0.3 is 24.0 Å². The Morgan fingerprint density at radius 1 is 0.952 bits per heavy atom. The molecule has 0 aromatic heterocycles. The quantitative estimate of drug-likeness (QED) is 0.509. The van der Waals surface area contributed by atoms with Gasteiger partial charge in [0.25, 0.3) is 0 Å². The summed E-state index contributed by atoms with van der Waals surface area (Å²) in [4.78, 5) is 22.1. The van der Waals surface area contributed by atoms with Gasteiger partial charge in [-0.2, -0.15) is 22.0 Å². The number of hydrogen-bond donors (Lipinski definition) is 0. The molecule has 0 fully saturated rings. The van der Waals surface area contributed by atoms with E-state index in [1.807, 2.05) is 13.8 Å². The highest BCUT2D eigenvalue weighted by Gasteiger charge is 2.58. The van der Waals surface area contributed by atoms with E-state index in [1.54, 1.807) is 0 Å². The van der Waals surface area contributed by atoms with E-state index in [9.17, 15) is 31.5 Å². The van der Waals surface area contributed by atoms with Gasteiger partial charge in [-0.15, -0.1) is 0 Å². The average Bonchev–Trinajstić information content (AvgIpc) is 2.32. The highest BCUT2D eigenvalue weighted by Crippen LogP contribution is 2.35. The first-order valence-electron chi connectivity index (χ1n) is 6.21. The smallest absolute Gasteiger partial charge is 0.456 e. The third-order valence-electron chi connectivity index (χ3n) is 2.32. The Morgan fingerprint density at radius 2 is 1.48 bits per heavy atom. The van der Waals surface area contributed by atoms with Gasteiger partial charge in [-0.3, -0.25) is 9.59 Å². The van der Waals surface area contributed by atoms with Gasteiger partial charge in [0.05, 0.1) is 6.42 Å². The first kappa shape index (κ1) is 19.6. The number of esters is 2. The molecule has 21 heavy (non-hydrogen) atoms. The molecule has 0 atom stereocenters. The molecule has 9 heteroatoms. The van der Waals surface area contributed by atoms with Crippen LogP contribution in [0.3, 0.4) is 0 Å². The van der Waals surface area contributed by atoms with Gasteiger partial charge < -0.3 is 9.47 Å². The number of alkyl halides is 5. The van der Waals surface area contributed by atoms with Crippen molar-refractivity contribution in [3.8, 4) is 0 Å². The molecule has 0 N–H and O–H groups in total. The van der Waals surface area contributed by atoms with Gasteiger partial charge in [0.2, 0.25) is 0 Å². The third kappa shape index (κ3) is 8.46. The van der Waals surface area contributed by atoms with Crippen LogP contribution in [0.4, 0.5) is 22.0 Å². The van der Waals surface area contributed by atoms with Crippen molar-refractivity contribution >= 4 is 11.9 Å². The maximum atomic E-state index is 12.4. The van der Waals surface area contributed by atoms with Gasteiger partial charge in [0.15, 0.2) is 6.61 Å². The largest absolute Gasteiger partial charge is 0.465 e. The minimum absolute atomic E-state index is 0.138. The molecule has 0 spiro atoms. The van der Waals surface area contributed by atoms with Gasteiger partial charge in [0, 0.05) is 6.42 Å². The zero-order valence-corrected chi connectivity index (χ0v) is 11.6. The van der Waals surface area contributed by atoms with Crippen molar-refractivity contribution < 1.29 is 41.0 Å². The van der Waals surface area contributed by atoms with Gasteiger partial charge in [-0.05, 0) is 12.3 Å². The lowest BCUT2D eigenvalue weighted by Crippen LogP contribution is -2.41. The Labute approximate surface area is 118 Å². The molecule has 0 saturated heterocycles. The number of hydrogen-bond acceptors (Lipinski definition) is 4. The molecule has 0 amide bonds. The molecule has 0 unspecified atom stereocenters. The van der Waals surface area contributed by atoms with Crippen LogP contribution in [0, 0.1) is 5.92 Å². The van der Waals surface area contributed by atoms with Crippen LogP contribution in [-0.4, -0.2) is 37.3 Å². The van der Waals surface area contributed by atoms with Crippen molar-refractivity contribution in [2.24, 2.45) is 5.92 Å². The van der Waals surface area contributed by atoms with E-state index in [0.29, 0.717) is 6.42 Å². The molecule has 0 bridgehead atoms. The summed E-state index contributed by atoms with van der Waals surface area (Å²) < 4.78 is 68.6. The normalized spacial score (nSPS) is 12.4. The van der Waals surface area contributed by atoms with E-state index in [0.717, 1.165) is 0 Å². The van der Waals surface area contributed by atoms with E-state index >= 15 is 0 Å². The summed E-state index contributed by atoms with van der Waals surface area (Å²) in [7, 11) is 0. The zero-order chi connectivity index (χ0) is 16.7. The summed E-state index contributed by atoms with van der Waals surface area (Å²) >= 11 is 0. The van der Waals surface area contributed by atoms with E-state index in [2.05, 4.69) is 9.47 Å². The minimum atomic E-state index is -5.78. The van der Waals surface area contributed by atoms with Crippen LogP contribution in [0.15, 0.2) is 0 Å². The Balaban J connectivity index is 3.89. The lowest BCUT2D eigenvalue weighted by Gasteiger charge is -2.19. The molecule has 0 aliphatic rings. The number of carbonyl (C=O) groups is 2. The fourth-order valence-electron chi connectivity index (χ4n) is 1.05. The van der Waals surface area contributed by atoms with Crippen molar-refractivity contribution in [1.82, 2.24) is 0 Å². The molecule has 0 aliphatic carbocycles. The summed E-state index contributed by atoms with van der Waals surface area (Å²) in [6, 6.07) is 0. The predicted molar refractivity (Wildman–Crippen MR) is 61.6 cm³/mol. The van der Waals surface area contributed by atoms with Gasteiger partial charge in [-0.25, -0.2) is 0 Å². The molecular formula is C12H17F5O4. The topological polar surface area (TPSA) is 52.6 Å². The fourth-order valence-corrected chi connectivity index (χ4v) is 1.05. The standard InChI is InChI=1S/C12H17F5O4/c1-8(2)3-4-9(18)20-6-5-10(19)21-7-11(13,14)12(15,16)17/h8H,3-7H2,1-2H3. The van der Waals surface area contributed by atoms with E-state index in [-0.39, 0.29) is 12.3 Å². The van der Waals surface area contributed by atoms with Crippen molar-refractivity contribution in [2.45, 2.75) is 45.2 Å². The minimum Gasteiger partial charge on any atom is -0.465 e. The third-order valence-corrected chi connectivity index (χ3v) is 2.32. The average molecular weight is 320 g/mol. The SMILES string of the molecule is CC(C)CCC(=O)OCCC(=O)OCC(F)(F)C(F)(F)F. The number of rotatable bonds is 8. The molecule has 0 rings (SSSR count).